The Morgan fingerprint density at radius 2 is 2.14 bits per heavy atom. The van der Waals surface area contributed by atoms with Gasteiger partial charge in [-0.15, -0.1) is 0 Å². The maximum atomic E-state index is 13.3. The van der Waals surface area contributed by atoms with Crippen LogP contribution >= 0.6 is 0 Å². The number of amides is 2. The fourth-order valence-corrected chi connectivity index (χ4v) is 2.81. The number of urea groups is 1. The molecule has 7 heteroatoms. The van der Waals surface area contributed by atoms with Crippen LogP contribution in [0.2, 0.25) is 0 Å². The van der Waals surface area contributed by atoms with Crippen molar-refractivity contribution in [1.82, 2.24) is 4.90 Å². The van der Waals surface area contributed by atoms with Crippen LogP contribution in [-0.2, 0) is 4.79 Å². The molecule has 1 N–H and O–H groups in total. The summed E-state index contributed by atoms with van der Waals surface area (Å²) in [6.07, 6.45) is 1.27. The molecule has 1 heterocycles. The zero-order chi connectivity index (χ0) is 15.6. The summed E-state index contributed by atoms with van der Waals surface area (Å²) in [4.78, 5) is 25.1. The second-order valence-electron chi connectivity index (χ2n) is 5.32. The van der Waals surface area contributed by atoms with Crippen LogP contribution in [0, 0.1) is 12.7 Å². The van der Waals surface area contributed by atoms with Crippen molar-refractivity contribution in [3.63, 3.8) is 0 Å². The van der Waals surface area contributed by atoms with Gasteiger partial charge in [-0.05, 0) is 43.9 Å². The average Bonchev–Trinajstić information content (AvgIpc) is 2.88. The number of nitrogens with zero attached hydrogens (tertiary/aromatic N) is 1. The molecular formula is C15H18FKN2O3. The van der Waals surface area contributed by atoms with Crippen LogP contribution in [0.4, 0.5) is 14.9 Å². The molecule has 0 spiro atoms. The Hall–Kier alpha value is -0.474. The summed E-state index contributed by atoms with van der Waals surface area (Å²) in [5, 5.41) is 14.0. The van der Waals surface area contributed by atoms with Crippen LogP contribution in [0.1, 0.15) is 31.7 Å². The fourth-order valence-electron chi connectivity index (χ4n) is 2.81. The van der Waals surface area contributed by atoms with Gasteiger partial charge < -0.3 is 20.1 Å². The number of rotatable bonds is 3. The molecule has 1 unspecified atom stereocenters. The zero-order valence-corrected chi connectivity index (χ0v) is 16.2. The second-order valence-corrected chi connectivity index (χ2v) is 5.32. The number of carboxylic acids is 1. The Labute approximate surface area is 171 Å². The molecule has 1 aliphatic rings. The molecule has 22 heavy (non-hydrogen) atoms. The molecule has 1 fully saturated rings. The molecule has 2 rings (SSSR count). The smallest absolute Gasteiger partial charge is 0.548 e. The summed E-state index contributed by atoms with van der Waals surface area (Å²) in [7, 11) is 0. The van der Waals surface area contributed by atoms with E-state index in [4.69, 9.17) is 0 Å². The molecule has 0 aliphatic carbocycles. The summed E-state index contributed by atoms with van der Waals surface area (Å²) >= 11 is 0. The minimum absolute atomic E-state index is 0. The third kappa shape index (κ3) is 3.71. The van der Waals surface area contributed by atoms with Gasteiger partial charge in [0.25, 0.3) is 0 Å². The predicted octanol–water partition coefficient (Wildman–Crippen LogP) is -1.34. The molecular weight excluding hydrogens is 314 g/mol. The number of carbonyl (C=O) groups excluding carboxylic acids is 2. The van der Waals surface area contributed by atoms with Gasteiger partial charge in [-0.1, -0.05) is 13.0 Å². The van der Waals surface area contributed by atoms with Gasteiger partial charge in [-0.25, -0.2) is 9.18 Å². The summed E-state index contributed by atoms with van der Waals surface area (Å²) in [6, 6.07) is 3.54. The van der Waals surface area contributed by atoms with Gasteiger partial charge in [0.1, 0.15) is 5.82 Å². The first-order valence-corrected chi connectivity index (χ1v) is 6.97. The number of hydrogen-bond donors (Lipinski definition) is 1. The SMILES string of the molecule is CCC1(C(=O)[O-])CCCN1C(=O)Nc1cc(F)ccc1C.[K+]. The van der Waals surface area contributed by atoms with Crippen molar-refractivity contribution < 1.29 is 70.5 Å². The van der Waals surface area contributed by atoms with E-state index in [9.17, 15) is 19.1 Å². The Balaban J connectivity index is 0.00000242. The minimum Gasteiger partial charge on any atom is -0.548 e. The first-order chi connectivity index (χ1) is 9.90. The monoisotopic (exact) mass is 332 g/mol. The third-order valence-corrected chi connectivity index (χ3v) is 4.14. The molecule has 114 valence electrons. The van der Waals surface area contributed by atoms with Crippen LogP contribution in [0.3, 0.4) is 0 Å². The van der Waals surface area contributed by atoms with Gasteiger partial charge >= 0.3 is 57.4 Å². The summed E-state index contributed by atoms with van der Waals surface area (Å²) in [5.74, 6) is -1.70. The van der Waals surface area contributed by atoms with Crippen LogP contribution in [0.5, 0.6) is 0 Å². The molecule has 1 aliphatic heterocycles. The number of hydrogen-bond acceptors (Lipinski definition) is 3. The molecule has 1 aromatic rings. The van der Waals surface area contributed by atoms with Gasteiger partial charge in [-0.2, -0.15) is 0 Å². The van der Waals surface area contributed by atoms with Crippen molar-refractivity contribution >= 4 is 17.7 Å². The summed E-state index contributed by atoms with van der Waals surface area (Å²) in [6.45, 7) is 3.81. The van der Waals surface area contributed by atoms with Crippen molar-refractivity contribution in [2.75, 3.05) is 11.9 Å². The van der Waals surface area contributed by atoms with E-state index in [2.05, 4.69) is 5.32 Å². The molecule has 0 radical (unpaired) electrons. The van der Waals surface area contributed by atoms with Crippen LogP contribution < -0.4 is 61.8 Å². The molecule has 1 atom stereocenters. The van der Waals surface area contributed by atoms with Crippen molar-refractivity contribution in [1.29, 1.82) is 0 Å². The van der Waals surface area contributed by atoms with E-state index in [1.807, 2.05) is 0 Å². The first-order valence-electron chi connectivity index (χ1n) is 6.97. The molecule has 0 saturated carbocycles. The van der Waals surface area contributed by atoms with E-state index in [1.165, 1.54) is 17.0 Å². The first kappa shape index (κ1) is 19.6. The molecule has 1 saturated heterocycles. The molecule has 2 amide bonds. The van der Waals surface area contributed by atoms with Crippen molar-refractivity contribution in [2.24, 2.45) is 0 Å². The van der Waals surface area contributed by atoms with Crippen molar-refractivity contribution in [3.05, 3.63) is 29.6 Å². The van der Waals surface area contributed by atoms with E-state index in [1.54, 1.807) is 19.9 Å². The van der Waals surface area contributed by atoms with Crippen molar-refractivity contribution in [3.8, 4) is 0 Å². The number of carboxylic acid groups (broad SMARTS) is 1. The van der Waals surface area contributed by atoms with E-state index in [-0.39, 0.29) is 57.8 Å². The number of aliphatic carboxylic acids is 1. The maximum Gasteiger partial charge on any atom is 1.00 e. The maximum absolute atomic E-state index is 13.3. The number of likely N-dealkylation sites (tertiary alicyclic amines) is 1. The summed E-state index contributed by atoms with van der Waals surface area (Å²) < 4.78 is 13.3. The van der Waals surface area contributed by atoms with Gasteiger partial charge in [0.05, 0.1) is 11.5 Å². The number of halogens is 1. The zero-order valence-electron chi connectivity index (χ0n) is 13.1. The standard InChI is InChI=1S/C15H19FN2O3.K/c1-3-15(13(19)20)7-4-8-18(15)14(21)17-12-9-11(16)6-5-10(12)2;/h5-6,9H,3-4,7-8H2,1-2H3,(H,17,21)(H,19,20);/q;+1/p-1. The number of benzene rings is 1. The normalized spacial score (nSPS) is 20.4. The Morgan fingerprint density at radius 3 is 2.73 bits per heavy atom. The predicted molar refractivity (Wildman–Crippen MR) is 74.1 cm³/mol. The van der Waals surface area contributed by atoms with Gasteiger partial charge in [0, 0.05) is 12.2 Å². The molecule has 1 aromatic carbocycles. The van der Waals surface area contributed by atoms with E-state index in [0.29, 0.717) is 30.6 Å². The third-order valence-electron chi connectivity index (χ3n) is 4.14. The Kier molecular flexibility index (Phi) is 7.01. The Bertz CT molecular complexity index is 582. The quantitative estimate of drug-likeness (QED) is 0.697. The topological polar surface area (TPSA) is 72.5 Å². The number of aryl methyl sites for hydroxylation is 1. The van der Waals surface area contributed by atoms with Gasteiger partial charge in [-0.3, -0.25) is 0 Å². The van der Waals surface area contributed by atoms with Crippen LogP contribution in [0.15, 0.2) is 18.2 Å². The molecule has 0 aromatic heterocycles. The van der Waals surface area contributed by atoms with Crippen LogP contribution in [-0.4, -0.2) is 29.0 Å². The van der Waals surface area contributed by atoms with E-state index in [0.717, 1.165) is 0 Å². The van der Waals surface area contributed by atoms with E-state index >= 15 is 0 Å². The van der Waals surface area contributed by atoms with Gasteiger partial charge in [0.2, 0.25) is 0 Å². The molecule has 0 bridgehead atoms. The van der Waals surface area contributed by atoms with Crippen LogP contribution in [0.25, 0.3) is 0 Å². The second kappa shape index (κ2) is 7.87. The number of anilines is 1. The van der Waals surface area contributed by atoms with E-state index < -0.39 is 23.4 Å². The van der Waals surface area contributed by atoms with Crippen molar-refractivity contribution in [2.45, 2.75) is 38.6 Å². The molecule has 5 nitrogen and oxygen atoms in total. The average molecular weight is 332 g/mol. The Morgan fingerprint density at radius 1 is 1.45 bits per heavy atom. The number of nitrogens with one attached hydrogen (secondary N) is 1. The summed E-state index contributed by atoms with van der Waals surface area (Å²) in [5.41, 5.74) is -0.222. The minimum atomic E-state index is -1.27. The largest absolute Gasteiger partial charge is 1.00 e. The number of carbonyl (C=O) groups is 2. The fraction of sp³-hybridized carbons (Fsp3) is 0.467. The van der Waals surface area contributed by atoms with Gasteiger partial charge in [0.15, 0.2) is 0 Å².